The van der Waals surface area contributed by atoms with Crippen LogP contribution in [0.4, 0.5) is 5.69 Å². The summed E-state index contributed by atoms with van der Waals surface area (Å²) in [7, 11) is 0. The minimum Gasteiger partial charge on any atom is -0.452 e. The number of benzene rings is 2. The van der Waals surface area contributed by atoms with Gasteiger partial charge >= 0.3 is 5.97 Å². The van der Waals surface area contributed by atoms with Crippen LogP contribution in [0, 0.1) is 0 Å². The third kappa shape index (κ3) is 4.33. The number of halogens is 1. The zero-order valence-corrected chi connectivity index (χ0v) is 12.9. The molecule has 0 spiro atoms. The second-order valence-corrected chi connectivity index (χ2v) is 5.08. The molecule has 1 amide bonds. The van der Waals surface area contributed by atoms with Crippen LogP contribution in [0.3, 0.4) is 0 Å². The molecule has 0 saturated heterocycles. The SMILES string of the molecule is CCc1ccccc1NC(=O)COC(=O)c1cccc(Cl)c1. The largest absolute Gasteiger partial charge is 0.452 e. The van der Waals surface area contributed by atoms with E-state index in [9.17, 15) is 9.59 Å². The molecule has 5 heteroatoms. The molecule has 2 aromatic rings. The van der Waals surface area contributed by atoms with E-state index in [2.05, 4.69) is 5.32 Å². The lowest BCUT2D eigenvalue weighted by molar-refractivity contribution is -0.119. The molecule has 0 atom stereocenters. The van der Waals surface area contributed by atoms with Gasteiger partial charge in [-0.3, -0.25) is 4.79 Å². The van der Waals surface area contributed by atoms with Gasteiger partial charge in [0.05, 0.1) is 5.56 Å². The number of aryl methyl sites for hydroxylation is 1. The van der Waals surface area contributed by atoms with E-state index in [1.165, 1.54) is 6.07 Å². The van der Waals surface area contributed by atoms with Gasteiger partial charge in [0.1, 0.15) is 0 Å². The van der Waals surface area contributed by atoms with E-state index in [-0.39, 0.29) is 12.5 Å². The summed E-state index contributed by atoms with van der Waals surface area (Å²) in [6, 6.07) is 13.9. The topological polar surface area (TPSA) is 55.4 Å². The van der Waals surface area contributed by atoms with Crippen molar-refractivity contribution in [2.24, 2.45) is 0 Å². The molecule has 0 bridgehead atoms. The van der Waals surface area contributed by atoms with E-state index in [1.807, 2.05) is 31.2 Å². The van der Waals surface area contributed by atoms with E-state index >= 15 is 0 Å². The van der Waals surface area contributed by atoms with Gasteiger partial charge in [0.15, 0.2) is 6.61 Å². The first-order chi connectivity index (χ1) is 10.6. The quantitative estimate of drug-likeness (QED) is 0.855. The molecule has 22 heavy (non-hydrogen) atoms. The van der Waals surface area contributed by atoms with Crippen LogP contribution in [0.25, 0.3) is 0 Å². The minimum atomic E-state index is -0.582. The Bertz CT molecular complexity index is 685. The third-order valence-electron chi connectivity index (χ3n) is 3.07. The van der Waals surface area contributed by atoms with Crippen molar-refractivity contribution >= 4 is 29.2 Å². The van der Waals surface area contributed by atoms with E-state index in [1.54, 1.807) is 18.2 Å². The van der Waals surface area contributed by atoms with Gasteiger partial charge < -0.3 is 10.1 Å². The molecule has 0 heterocycles. The van der Waals surface area contributed by atoms with Crippen LogP contribution in [-0.2, 0) is 16.0 Å². The van der Waals surface area contributed by atoms with Crippen LogP contribution in [0.15, 0.2) is 48.5 Å². The average Bonchev–Trinajstić information content (AvgIpc) is 2.53. The predicted molar refractivity (Wildman–Crippen MR) is 86.2 cm³/mol. The Kier molecular flexibility index (Phi) is 5.55. The second-order valence-electron chi connectivity index (χ2n) is 4.65. The van der Waals surface area contributed by atoms with Gasteiger partial charge in [0.2, 0.25) is 0 Å². The summed E-state index contributed by atoms with van der Waals surface area (Å²) in [5.41, 5.74) is 2.07. The Morgan fingerprint density at radius 1 is 1.14 bits per heavy atom. The van der Waals surface area contributed by atoms with Gasteiger partial charge in [-0.15, -0.1) is 0 Å². The van der Waals surface area contributed by atoms with Gasteiger partial charge in [0.25, 0.3) is 5.91 Å². The number of carbonyl (C=O) groups is 2. The predicted octanol–water partition coefficient (Wildman–Crippen LogP) is 3.70. The first-order valence-corrected chi connectivity index (χ1v) is 7.28. The van der Waals surface area contributed by atoms with Crippen molar-refractivity contribution in [3.8, 4) is 0 Å². The van der Waals surface area contributed by atoms with Crippen molar-refractivity contribution < 1.29 is 14.3 Å². The smallest absolute Gasteiger partial charge is 0.338 e. The minimum absolute atomic E-state index is 0.314. The Hall–Kier alpha value is -2.33. The molecule has 0 radical (unpaired) electrons. The third-order valence-corrected chi connectivity index (χ3v) is 3.30. The number of rotatable bonds is 5. The van der Waals surface area contributed by atoms with Crippen molar-refractivity contribution in [1.29, 1.82) is 0 Å². The lowest BCUT2D eigenvalue weighted by atomic mass is 10.1. The molecular formula is C17H16ClNO3. The Morgan fingerprint density at radius 2 is 1.91 bits per heavy atom. The molecule has 114 valence electrons. The standard InChI is InChI=1S/C17H16ClNO3/c1-2-12-6-3-4-9-15(12)19-16(20)11-22-17(21)13-7-5-8-14(18)10-13/h3-10H,2,11H2,1H3,(H,19,20). The lowest BCUT2D eigenvalue weighted by Crippen LogP contribution is -2.21. The highest BCUT2D eigenvalue weighted by atomic mass is 35.5. The highest BCUT2D eigenvalue weighted by molar-refractivity contribution is 6.30. The average molecular weight is 318 g/mol. The number of esters is 1. The summed E-state index contributed by atoms with van der Waals surface area (Å²) in [6.45, 7) is 1.66. The maximum absolute atomic E-state index is 11.9. The highest BCUT2D eigenvalue weighted by Crippen LogP contribution is 2.15. The second kappa shape index (κ2) is 7.61. The molecule has 0 aromatic heterocycles. The number of anilines is 1. The van der Waals surface area contributed by atoms with Crippen LogP contribution >= 0.6 is 11.6 Å². The maximum atomic E-state index is 11.9. The van der Waals surface area contributed by atoms with E-state index in [0.29, 0.717) is 10.6 Å². The Labute approximate surface area is 134 Å². The Balaban J connectivity index is 1.91. The summed E-state index contributed by atoms with van der Waals surface area (Å²) in [5.74, 6) is -0.960. The summed E-state index contributed by atoms with van der Waals surface area (Å²) >= 11 is 5.81. The summed E-state index contributed by atoms with van der Waals surface area (Å²) in [5, 5.41) is 3.18. The molecule has 2 aromatic carbocycles. The normalized spacial score (nSPS) is 10.1. The zero-order valence-electron chi connectivity index (χ0n) is 12.1. The number of para-hydroxylation sites is 1. The van der Waals surface area contributed by atoms with Crippen molar-refractivity contribution in [2.45, 2.75) is 13.3 Å². The number of hydrogen-bond acceptors (Lipinski definition) is 3. The maximum Gasteiger partial charge on any atom is 0.338 e. The fourth-order valence-corrected chi connectivity index (χ4v) is 2.16. The van der Waals surface area contributed by atoms with Crippen LogP contribution in [0.2, 0.25) is 5.02 Å². The highest BCUT2D eigenvalue weighted by Gasteiger charge is 2.11. The molecule has 0 aliphatic heterocycles. The van der Waals surface area contributed by atoms with Crippen LogP contribution in [0.1, 0.15) is 22.8 Å². The number of amides is 1. The number of hydrogen-bond donors (Lipinski definition) is 1. The van der Waals surface area contributed by atoms with Crippen molar-refractivity contribution in [2.75, 3.05) is 11.9 Å². The van der Waals surface area contributed by atoms with E-state index in [4.69, 9.17) is 16.3 Å². The molecule has 0 aliphatic rings. The molecule has 0 saturated carbocycles. The molecule has 0 fully saturated rings. The van der Waals surface area contributed by atoms with E-state index in [0.717, 1.165) is 17.7 Å². The van der Waals surface area contributed by atoms with Crippen LogP contribution < -0.4 is 5.32 Å². The van der Waals surface area contributed by atoms with Gasteiger partial charge in [-0.25, -0.2) is 4.79 Å². The molecule has 1 N–H and O–H groups in total. The molecule has 2 rings (SSSR count). The van der Waals surface area contributed by atoms with Gasteiger partial charge in [-0.2, -0.15) is 0 Å². The van der Waals surface area contributed by atoms with Gasteiger partial charge in [-0.1, -0.05) is 42.8 Å². The molecular weight excluding hydrogens is 302 g/mol. The van der Waals surface area contributed by atoms with Gasteiger partial charge in [-0.05, 0) is 36.2 Å². The summed E-state index contributed by atoms with van der Waals surface area (Å²) in [4.78, 5) is 23.7. The number of nitrogens with one attached hydrogen (secondary N) is 1. The summed E-state index contributed by atoms with van der Waals surface area (Å²) in [6.07, 6.45) is 0.804. The number of carbonyl (C=O) groups excluding carboxylic acids is 2. The number of ether oxygens (including phenoxy) is 1. The van der Waals surface area contributed by atoms with Crippen molar-refractivity contribution in [3.63, 3.8) is 0 Å². The Morgan fingerprint density at radius 3 is 2.64 bits per heavy atom. The molecule has 4 nitrogen and oxygen atoms in total. The van der Waals surface area contributed by atoms with Crippen LogP contribution in [0.5, 0.6) is 0 Å². The first-order valence-electron chi connectivity index (χ1n) is 6.90. The summed E-state index contributed by atoms with van der Waals surface area (Å²) < 4.78 is 4.98. The lowest BCUT2D eigenvalue weighted by Gasteiger charge is -2.10. The monoisotopic (exact) mass is 317 g/mol. The fourth-order valence-electron chi connectivity index (χ4n) is 1.97. The van der Waals surface area contributed by atoms with Crippen LogP contribution in [-0.4, -0.2) is 18.5 Å². The van der Waals surface area contributed by atoms with Gasteiger partial charge in [0, 0.05) is 10.7 Å². The zero-order chi connectivity index (χ0) is 15.9. The first kappa shape index (κ1) is 16.0. The van der Waals surface area contributed by atoms with E-state index < -0.39 is 5.97 Å². The molecule has 0 aliphatic carbocycles. The molecule has 0 unspecified atom stereocenters. The van der Waals surface area contributed by atoms with Crippen molar-refractivity contribution in [1.82, 2.24) is 0 Å². The fraction of sp³-hybridized carbons (Fsp3) is 0.176. The van der Waals surface area contributed by atoms with Crippen molar-refractivity contribution in [3.05, 3.63) is 64.7 Å².